The minimum Gasteiger partial charge on any atom is -0.495 e. The Balaban J connectivity index is 2.45. The summed E-state index contributed by atoms with van der Waals surface area (Å²) in [7, 11) is 1.53. The van der Waals surface area contributed by atoms with E-state index < -0.39 is 0 Å². The molecule has 0 bridgehead atoms. The van der Waals surface area contributed by atoms with Crippen LogP contribution in [0.1, 0.15) is 5.56 Å². The Bertz CT molecular complexity index is 633. The Morgan fingerprint density at radius 2 is 2.21 bits per heavy atom. The first kappa shape index (κ1) is 13.1. The van der Waals surface area contributed by atoms with E-state index in [0.717, 1.165) is 0 Å². The Morgan fingerprint density at radius 1 is 1.42 bits per heavy atom. The fourth-order valence-corrected chi connectivity index (χ4v) is 1.93. The van der Waals surface area contributed by atoms with Crippen LogP contribution in [0.25, 0.3) is 0 Å². The van der Waals surface area contributed by atoms with Crippen molar-refractivity contribution in [1.82, 2.24) is 9.97 Å². The van der Waals surface area contributed by atoms with Crippen LogP contribution < -0.4 is 15.8 Å². The number of nitriles is 1. The van der Waals surface area contributed by atoms with Gasteiger partial charge in [-0.25, -0.2) is 4.98 Å². The molecule has 0 radical (unpaired) electrons. The maximum atomic E-state index is 9.11. The summed E-state index contributed by atoms with van der Waals surface area (Å²) in [5.41, 5.74) is 6.57. The van der Waals surface area contributed by atoms with Crippen molar-refractivity contribution in [3.05, 3.63) is 34.4 Å². The van der Waals surface area contributed by atoms with Crippen molar-refractivity contribution in [2.24, 2.45) is 0 Å². The molecule has 2 aromatic rings. The fourth-order valence-electron chi connectivity index (χ4n) is 1.53. The molecule has 0 aliphatic rings. The Hall–Kier alpha value is -2.33. The molecule has 0 spiro atoms. The number of aromatic nitrogens is 2. The number of anilines is 3. The molecule has 7 heteroatoms. The van der Waals surface area contributed by atoms with Crippen molar-refractivity contribution in [3.63, 3.8) is 0 Å². The van der Waals surface area contributed by atoms with Crippen LogP contribution in [-0.2, 0) is 0 Å². The number of halogens is 1. The third-order valence-electron chi connectivity index (χ3n) is 2.32. The molecule has 96 valence electrons. The first-order chi connectivity index (χ1) is 9.13. The standard InChI is InChI=1S/C12H10BrN5O/c1-19-8-4-2-3-7(6-14)11(8)18-12-16-9(13)5-10(15)17-12/h2-5H,1H3,(H3,15,16,17,18). The zero-order valence-corrected chi connectivity index (χ0v) is 11.6. The fraction of sp³-hybridized carbons (Fsp3) is 0.0833. The summed E-state index contributed by atoms with van der Waals surface area (Å²) in [5, 5.41) is 12.1. The number of rotatable bonds is 3. The van der Waals surface area contributed by atoms with Crippen LogP contribution in [0.3, 0.4) is 0 Å². The number of nitrogens with zero attached hydrogens (tertiary/aromatic N) is 3. The number of benzene rings is 1. The maximum Gasteiger partial charge on any atom is 0.230 e. The topological polar surface area (TPSA) is 96.8 Å². The molecule has 2 rings (SSSR count). The largest absolute Gasteiger partial charge is 0.495 e. The van der Waals surface area contributed by atoms with Crippen molar-refractivity contribution in [2.75, 3.05) is 18.2 Å². The van der Waals surface area contributed by atoms with Crippen molar-refractivity contribution in [2.45, 2.75) is 0 Å². The van der Waals surface area contributed by atoms with Crippen LogP contribution >= 0.6 is 15.9 Å². The van der Waals surface area contributed by atoms with Gasteiger partial charge in [-0.3, -0.25) is 0 Å². The normalized spacial score (nSPS) is 9.74. The molecule has 1 aromatic carbocycles. The molecule has 0 saturated carbocycles. The number of hydrogen-bond acceptors (Lipinski definition) is 6. The van der Waals surface area contributed by atoms with Gasteiger partial charge in [-0.1, -0.05) is 6.07 Å². The van der Waals surface area contributed by atoms with Crippen LogP contribution in [0.15, 0.2) is 28.9 Å². The van der Waals surface area contributed by atoms with E-state index in [9.17, 15) is 0 Å². The molecule has 0 aliphatic carbocycles. The molecule has 3 N–H and O–H groups in total. The van der Waals surface area contributed by atoms with Crippen LogP contribution in [-0.4, -0.2) is 17.1 Å². The number of nitrogens with one attached hydrogen (secondary N) is 1. The summed E-state index contributed by atoms with van der Waals surface area (Å²) >= 11 is 3.23. The van der Waals surface area contributed by atoms with E-state index in [1.54, 1.807) is 24.3 Å². The molecular formula is C12H10BrN5O. The molecule has 6 nitrogen and oxygen atoms in total. The highest BCUT2D eigenvalue weighted by molar-refractivity contribution is 9.10. The van der Waals surface area contributed by atoms with E-state index in [4.69, 9.17) is 15.7 Å². The van der Waals surface area contributed by atoms with E-state index >= 15 is 0 Å². The van der Waals surface area contributed by atoms with Gasteiger partial charge in [0.1, 0.15) is 27.9 Å². The van der Waals surface area contributed by atoms with Gasteiger partial charge >= 0.3 is 0 Å². The zero-order valence-electron chi connectivity index (χ0n) is 10.0. The highest BCUT2D eigenvalue weighted by Crippen LogP contribution is 2.30. The van der Waals surface area contributed by atoms with Crippen molar-refractivity contribution in [1.29, 1.82) is 5.26 Å². The van der Waals surface area contributed by atoms with E-state index in [2.05, 4.69) is 37.3 Å². The third kappa shape index (κ3) is 2.92. The van der Waals surface area contributed by atoms with E-state index in [1.165, 1.54) is 7.11 Å². The number of nitrogens with two attached hydrogens (primary N) is 1. The van der Waals surface area contributed by atoms with Gasteiger partial charge in [0.25, 0.3) is 0 Å². The van der Waals surface area contributed by atoms with Gasteiger partial charge < -0.3 is 15.8 Å². The second kappa shape index (κ2) is 5.54. The average Bonchev–Trinajstić information content (AvgIpc) is 2.37. The molecule has 0 saturated heterocycles. The van der Waals surface area contributed by atoms with Gasteiger partial charge in [0, 0.05) is 6.07 Å². The second-order valence-corrected chi connectivity index (χ2v) is 4.37. The van der Waals surface area contributed by atoms with Crippen molar-refractivity contribution < 1.29 is 4.74 Å². The highest BCUT2D eigenvalue weighted by Gasteiger charge is 2.11. The Morgan fingerprint density at radius 3 is 2.84 bits per heavy atom. The second-order valence-electron chi connectivity index (χ2n) is 3.56. The minimum atomic E-state index is 0.285. The SMILES string of the molecule is COc1cccc(C#N)c1Nc1nc(N)cc(Br)n1. The zero-order chi connectivity index (χ0) is 13.8. The molecule has 19 heavy (non-hydrogen) atoms. The summed E-state index contributed by atoms with van der Waals surface area (Å²) < 4.78 is 5.76. The smallest absolute Gasteiger partial charge is 0.230 e. The lowest BCUT2D eigenvalue weighted by atomic mass is 10.2. The monoisotopic (exact) mass is 319 g/mol. The van der Waals surface area contributed by atoms with E-state index in [1.807, 2.05) is 0 Å². The number of nitrogen functional groups attached to an aromatic ring is 1. The minimum absolute atomic E-state index is 0.285. The van der Waals surface area contributed by atoms with Crippen molar-refractivity contribution >= 4 is 33.4 Å². The predicted molar refractivity (Wildman–Crippen MR) is 75.1 cm³/mol. The van der Waals surface area contributed by atoms with E-state index in [-0.39, 0.29) is 5.95 Å². The van der Waals surface area contributed by atoms with Gasteiger partial charge in [-0.05, 0) is 28.1 Å². The maximum absolute atomic E-state index is 9.11. The summed E-state index contributed by atoms with van der Waals surface area (Å²) in [6, 6.07) is 8.81. The summed E-state index contributed by atoms with van der Waals surface area (Å²) in [6.45, 7) is 0. The van der Waals surface area contributed by atoms with Crippen LogP contribution in [0.5, 0.6) is 5.75 Å². The summed E-state index contributed by atoms with van der Waals surface area (Å²) in [5.74, 6) is 1.13. The summed E-state index contributed by atoms with van der Waals surface area (Å²) in [6.07, 6.45) is 0. The lowest BCUT2D eigenvalue weighted by molar-refractivity contribution is 0.416. The number of methoxy groups -OCH3 is 1. The van der Waals surface area contributed by atoms with Gasteiger partial charge in [0.05, 0.1) is 12.7 Å². The van der Waals surface area contributed by atoms with Crippen molar-refractivity contribution in [3.8, 4) is 11.8 Å². The molecule has 0 fully saturated rings. The average molecular weight is 320 g/mol. The number of hydrogen-bond donors (Lipinski definition) is 2. The van der Waals surface area contributed by atoms with E-state index in [0.29, 0.717) is 27.4 Å². The first-order valence-corrected chi connectivity index (χ1v) is 6.07. The molecular weight excluding hydrogens is 310 g/mol. The van der Waals surface area contributed by atoms with Gasteiger partial charge in [-0.15, -0.1) is 0 Å². The number of para-hydroxylation sites is 1. The lowest BCUT2D eigenvalue weighted by Gasteiger charge is -2.11. The first-order valence-electron chi connectivity index (χ1n) is 5.28. The summed E-state index contributed by atoms with van der Waals surface area (Å²) in [4.78, 5) is 8.17. The third-order valence-corrected chi connectivity index (χ3v) is 2.72. The molecule has 0 unspecified atom stereocenters. The van der Waals surface area contributed by atoms with Gasteiger partial charge in [0.15, 0.2) is 0 Å². The predicted octanol–water partition coefficient (Wildman–Crippen LogP) is 2.45. The molecule has 0 amide bonds. The van der Waals surface area contributed by atoms with Crippen LogP contribution in [0.2, 0.25) is 0 Å². The van der Waals surface area contributed by atoms with Gasteiger partial charge in [0.2, 0.25) is 5.95 Å². The molecule has 0 atom stereocenters. The quantitative estimate of drug-likeness (QED) is 0.843. The number of ether oxygens (including phenoxy) is 1. The molecule has 0 aliphatic heterocycles. The highest BCUT2D eigenvalue weighted by atomic mass is 79.9. The Labute approximate surface area is 118 Å². The molecule has 1 aromatic heterocycles. The molecule has 1 heterocycles. The van der Waals surface area contributed by atoms with Crippen LogP contribution in [0.4, 0.5) is 17.5 Å². The van der Waals surface area contributed by atoms with Gasteiger partial charge in [-0.2, -0.15) is 10.2 Å². The Kier molecular flexibility index (Phi) is 3.82. The van der Waals surface area contributed by atoms with Crippen LogP contribution in [0, 0.1) is 11.3 Å². The lowest BCUT2D eigenvalue weighted by Crippen LogP contribution is -2.03.